The monoisotopic (exact) mass is 438 g/mol. The molecule has 0 bridgehead atoms. The number of hydrogen-bond donors (Lipinski definition) is 3. The SMILES string of the molecule is O=C(COC(=O)CNC(=O)NCc1ccccc1)NC1CCN(Cc2ccccc2)CC1. The van der Waals surface area contributed by atoms with Gasteiger partial charge in [-0.15, -0.1) is 0 Å². The normalized spacial score (nSPS) is 14.4. The molecule has 2 aromatic carbocycles. The van der Waals surface area contributed by atoms with Gasteiger partial charge in [0.1, 0.15) is 6.54 Å². The molecule has 0 radical (unpaired) electrons. The van der Waals surface area contributed by atoms with Crippen LogP contribution in [0.4, 0.5) is 4.79 Å². The molecule has 0 saturated carbocycles. The first-order chi connectivity index (χ1) is 15.6. The van der Waals surface area contributed by atoms with Gasteiger partial charge in [-0.1, -0.05) is 60.7 Å². The summed E-state index contributed by atoms with van der Waals surface area (Å²) in [6.45, 7) is 2.42. The number of esters is 1. The summed E-state index contributed by atoms with van der Waals surface area (Å²) in [6.07, 6.45) is 1.71. The Hall–Kier alpha value is -3.39. The van der Waals surface area contributed by atoms with Gasteiger partial charge >= 0.3 is 12.0 Å². The van der Waals surface area contributed by atoms with Crippen molar-refractivity contribution in [2.24, 2.45) is 0 Å². The molecule has 3 rings (SSSR count). The molecule has 8 nitrogen and oxygen atoms in total. The van der Waals surface area contributed by atoms with Crippen LogP contribution in [0.25, 0.3) is 0 Å². The lowest BCUT2D eigenvalue weighted by Gasteiger charge is -2.32. The van der Waals surface area contributed by atoms with Crippen molar-refractivity contribution >= 4 is 17.9 Å². The third-order valence-electron chi connectivity index (χ3n) is 5.26. The van der Waals surface area contributed by atoms with Gasteiger partial charge in [-0.05, 0) is 24.0 Å². The summed E-state index contributed by atoms with van der Waals surface area (Å²) < 4.78 is 4.95. The van der Waals surface area contributed by atoms with Crippen molar-refractivity contribution in [3.63, 3.8) is 0 Å². The molecule has 8 heteroatoms. The second kappa shape index (κ2) is 12.5. The largest absolute Gasteiger partial charge is 0.454 e. The van der Waals surface area contributed by atoms with Gasteiger partial charge in [0, 0.05) is 32.2 Å². The van der Waals surface area contributed by atoms with Gasteiger partial charge in [-0.3, -0.25) is 14.5 Å². The van der Waals surface area contributed by atoms with Gasteiger partial charge in [0.15, 0.2) is 6.61 Å². The Labute approximate surface area is 188 Å². The van der Waals surface area contributed by atoms with Crippen LogP contribution in [-0.2, 0) is 27.4 Å². The van der Waals surface area contributed by atoms with Crippen LogP contribution in [0.5, 0.6) is 0 Å². The molecule has 1 aliphatic rings. The number of piperidine rings is 1. The lowest BCUT2D eigenvalue weighted by molar-refractivity contribution is -0.147. The van der Waals surface area contributed by atoms with Gasteiger partial charge in [-0.25, -0.2) is 4.79 Å². The summed E-state index contributed by atoms with van der Waals surface area (Å²) in [5.41, 5.74) is 2.23. The van der Waals surface area contributed by atoms with E-state index in [2.05, 4.69) is 33.0 Å². The van der Waals surface area contributed by atoms with Gasteiger partial charge in [0.2, 0.25) is 0 Å². The van der Waals surface area contributed by atoms with Crippen molar-refractivity contribution in [1.82, 2.24) is 20.9 Å². The third kappa shape index (κ3) is 8.39. The van der Waals surface area contributed by atoms with Gasteiger partial charge in [0.25, 0.3) is 5.91 Å². The number of rotatable bonds is 9. The maximum atomic E-state index is 12.1. The average molecular weight is 439 g/mol. The molecule has 32 heavy (non-hydrogen) atoms. The van der Waals surface area contributed by atoms with E-state index in [9.17, 15) is 14.4 Å². The molecule has 0 unspecified atom stereocenters. The molecule has 1 heterocycles. The number of nitrogens with one attached hydrogen (secondary N) is 3. The van der Waals surface area contributed by atoms with Crippen molar-refractivity contribution in [2.45, 2.75) is 32.0 Å². The Morgan fingerprint density at radius 3 is 2.16 bits per heavy atom. The second-order valence-electron chi connectivity index (χ2n) is 7.79. The Kier molecular flexibility index (Phi) is 9.06. The molecule has 0 atom stereocenters. The number of amides is 3. The molecule has 1 saturated heterocycles. The van der Waals surface area contributed by atoms with E-state index in [1.807, 2.05) is 48.5 Å². The molecular weight excluding hydrogens is 408 g/mol. The molecule has 0 aromatic heterocycles. The number of benzene rings is 2. The Bertz CT molecular complexity index is 868. The van der Waals surface area contributed by atoms with Gasteiger partial charge in [-0.2, -0.15) is 0 Å². The molecule has 3 N–H and O–H groups in total. The van der Waals surface area contributed by atoms with Crippen molar-refractivity contribution in [1.29, 1.82) is 0 Å². The summed E-state index contributed by atoms with van der Waals surface area (Å²) in [7, 11) is 0. The Morgan fingerprint density at radius 1 is 0.875 bits per heavy atom. The van der Waals surface area contributed by atoms with Crippen molar-refractivity contribution < 1.29 is 19.1 Å². The molecule has 0 aliphatic carbocycles. The Balaban J connectivity index is 1.24. The van der Waals surface area contributed by atoms with Gasteiger partial charge < -0.3 is 20.7 Å². The molecule has 170 valence electrons. The summed E-state index contributed by atoms with van der Waals surface area (Å²) in [4.78, 5) is 38.0. The maximum absolute atomic E-state index is 12.1. The van der Waals surface area contributed by atoms with Crippen LogP contribution >= 0.6 is 0 Å². The zero-order valence-electron chi connectivity index (χ0n) is 18.1. The molecule has 3 amide bonds. The van der Waals surface area contributed by atoms with E-state index in [4.69, 9.17) is 4.74 Å². The van der Waals surface area contributed by atoms with Crippen LogP contribution in [0, 0.1) is 0 Å². The maximum Gasteiger partial charge on any atom is 0.325 e. The predicted octanol–water partition coefficient (Wildman–Crippen LogP) is 1.81. The van der Waals surface area contributed by atoms with Crippen molar-refractivity contribution in [3.8, 4) is 0 Å². The van der Waals surface area contributed by atoms with Crippen LogP contribution in [0.15, 0.2) is 60.7 Å². The van der Waals surface area contributed by atoms with E-state index in [1.165, 1.54) is 5.56 Å². The minimum absolute atomic E-state index is 0.0788. The first kappa shape index (κ1) is 23.3. The van der Waals surface area contributed by atoms with Crippen LogP contribution in [0.1, 0.15) is 24.0 Å². The number of ether oxygens (including phenoxy) is 1. The fraction of sp³-hybridized carbons (Fsp3) is 0.375. The number of hydrogen-bond acceptors (Lipinski definition) is 5. The van der Waals surface area contributed by atoms with Crippen molar-refractivity contribution in [3.05, 3.63) is 71.8 Å². The van der Waals surface area contributed by atoms with Crippen LogP contribution in [0.2, 0.25) is 0 Å². The highest BCUT2D eigenvalue weighted by Gasteiger charge is 2.21. The standard InChI is InChI=1S/C24H30N4O4/c29-22(27-21-11-13-28(14-12-21)17-20-9-5-2-6-10-20)18-32-23(30)16-26-24(31)25-15-19-7-3-1-4-8-19/h1-10,21H,11-18H2,(H,27,29)(H2,25,26,31). The third-order valence-corrected chi connectivity index (χ3v) is 5.26. The fourth-order valence-electron chi connectivity index (χ4n) is 3.54. The molecular formula is C24H30N4O4. The number of urea groups is 1. The fourth-order valence-corrected chi connectivity index (χ4v) is 3.54. The van der Waals surface area contributed by atoms with E-state index in [1.54, 1.807) is 0 Å². The first-order valence-corrected chi connectivity index (χ1v) is 10.9. The van der Waals surface area contributed by atoms with E-state index >= 15 is 0 Å². The van der Waals surface area contributed by atoms with Gasteiger partial charge in [0.05, 0.1) is 0 Å². The average Bonchev–Trinajstić information content (AvgIpc) is 2.82. The zero-order chi connectivity index (χ0) is 22.6. The smallest absolute Gasteiger partial charge is 0.325 e. The number of carbonyl (C=O) groups excluding carboxylic acids is 3. The van der Waals surface area contributed by atoms with E-state index in [0.717, 1.165) is 38.0 Å². The highest BCUT2D eigenvalue weighted by Crippen LogP contribution is 2.13. The number of likely N-dealkylation sites (tertiary alicyclic amines) is 1. The number of carbonyl (C=O) groups is 3. The lowest BCUT2D eigenvalue weighted by atomic mass is 10.0. The van der Waals surface area contributed by atoms with E-state index in [-0.39, 0.29) is 25.1 Å². The van der Waals surface area contributed by atoms with Crippen LogP contribution < -0.4 is 16.0 Å². The molecule has 0 spiro atoms. The van der Waals surface area contributed by atoms with E-state index in [0.29, 0.717) is 6.54 Å². The minimum atomic E-state index is -0.660. The molecule has 1 aliphatic heterocycles. The van der Waals surface area contributed by atoms with Crippen molar-refractivity contribution in [2.75, 3.05) is 26.2 Å². The first-order valence-electron chi connectivity index (χ1n) is 10.9. The summed E-state index contributed by atoms with van der Waals surface area (Å²) >= 11 is 0. The zero-order valence-corrected chi connectivity index (χ0v) is 18.1. The molecule has 1 fully saturated rings. The second-order valence-corrected chi connectivity index (χ2v) is 7.79. The van der Waals surface area contributed by atoms with Crippen LogP contribution in [-0.4, -0.2) is 55.1 Å². The molecule has 2 aromatic rings. The summed E-state index contributed by atoms with van der Waals surface area (Å²) in [5.74, 6) is -0.985. The topological polar surface area (TPSA) is 99.8 Å². The minimum Gasteiger partial charge on any atom is -0.454 e. The predicted molar refractivity (Wildman–Crippen MR) is 121 cm³/mol. The Morgan fingerprint density at radius 2 is 1.50 bits per heavy atom. The quantitative estimate of drug-likeness (QED) is 0.519. The van der Waals surface area contributed by atoms with Crippen LogP contribution in [0.3, 0.4) is 0 Å². The highest BCUT2D eigenvalue weighted by atomic mass is 16.5. The highest BCUT2D eigenvalue weighted by molar-refractivity contribution is 5.83. The van der Waals surface area contributed by atoms with E-state index < -0.39 is 12.0 Å². The summed E-state index contributed by atoms with van der Waals surface area (Å²) in [5, 5.41) is 7.99. The lowest BCUT2D eigenvalue weighted by Crippen LogP contribution is -2.45. The summed E-state index contributed by atoms with van der Waals surface area (Å²) in [6, 6.07) is 19.4. The number of nitrogens with zero attached hydrogens (tertiary/aromatic N) is 1.